The zero-order valence-corrected chi connectivity index (χ0v) is 11.3. The second kappa shape index (κ2) is 5.17. The number of nitrogens with zero attached hydrogens (tertiary/aromatic N) is 1. The maximum Gasteiger partial charge on any atom is 0.254 e. The highest BCUT2D eigenvalue weighted by Crippen LogP contribution is 2.26. The topological polar surface area (TPSA) is 55.6 Å². The van der Waals surface area contributed by atoms with Gasteiger partial charge in [-0.05, 0) is 24.6 Å². The fourth-order valence-corrected chi connectivity index (χ4v) is 2.49. The van der Waals surface area contributed by atoms with E-state index >= 15 is 0 Å². The summed E-state index contributed by atoms with van der Waals surface area (Å²) in [5.41, 5.74) is 6.29. The van der Waals surface area contributed by atoms with Crippen molar-refractivity contribution in [2.24, 2.45) is 5.73 Å². The molecule has 104 valence electrons. The molecule has 1 aliphatic rings. The van der Waals surface area contributed by atoms with E-state index in [0.717, 1.165) is 12.8 Å². The van der Waals surface area contributed by atoms with Crippen molar-refractivity contribution in [3.63, 3.8) is 0 Å². The molecule has 4 nitrogen and oxygen atoms in total. The van der Waals surface area contributed by atoms with Gasteiger partial charge in [0.2, 0.25) is 0 Å². The van der Waals surface area contributed by atoms with Crippen LogP contribution in [0.15, 0.2) is 18.2 Å². The average molecular weight is 266 g/mol. The minimum atomic E-state index is -0.471. The normalized spacial score (nSPS) is 16.9. The van der Waals surface area contributed by atoms with Crippen LogP contribution in [0.25, 0.3) is 0 Å². The summed E-state index contributed by atoms with van der Waals surface area (Å²) in [6.45, 7) is 3.18. The van der Waals surface area contributed by atoms with E-state index < -0.39 is 5.82 Å². The third-order valence-electron chi connectivity index (χ3n) is 3.44. The van der Waals surface area contributed by atoms with Crippen LogP contribution in [0, 0.1) is 5.82 Å². The van der Waals surface area contributed by atoms with E-state index in [4.69, 9.17) is 10.5 Å². The molecule has 1 fully saturated rings. The SMILES string of the molecule is CCCC1(N)CN(C(=O)c2ccc(F)c(OC)c2)C1. The summed E-state index contributed by atoms with van der Waals surface area (Å²) in [7, 11) is 1.38. The van der Waals surface area contributed by atoms with Gasteiger partial charge < -0.3 is 15.4 Å². The number of amides is 1. The number of hydrogen-bond donors (Lipinski definition) is 1. The summed E-state index contributed by atoms with van der Waals surface area (Å²) in [6.07, 6.45) is 1.91. The number of methoxy groups -OCH3 is 1. The molecule has 0 aliphatic carbocycles. The van der Waals surface area contributed by atoms with Gasteiger partial charge in [0.1, 0.15) is 0 Å². The molecule has 1 aliphatic heterocycles. The fourth-order valence-electron chi connectivity index (χ4n) is 2.49. The Morgan fingerprint density at radius 2 is 2.21 bits per heavy atom. The number of likely N-dealkylation sites (tertiary alicyclic amines) is 1. The van der Waals surface area contributed by atoms with Crippen LogP contribution in [0.1, 0.15) is 30.1 Å². The summed E-state index contributed by atoms with van der Waals surface area (Å²) in [5, 5.41) is 0. The van der Waals surface area contributed by atoms with Gasteiger partial charge in [-0.25, -0.2) is 4.39 Å². The van der Waals surface area contributed by atoms with Gasteiger partial charge in [0, 0.05) is 18.7 Å². The van der Waals surface area contributed by atoms with Crippen molar-refractivity contribution < 1.29 is 13.9 Å². The van der Waals surface area contributed by atoms with Gasteiger partial charge in [0.15, 0.2) is 11.6 Å². The lowest BCUT2D eigenvalue weighted by Crippen LogP contribution is -2.68. The molecule has 2 N–H and O–H groups in total. The van der Waals surface area contributed by atoms with Crippen molar-refractivity contribution >= 4 is 5.91 Å². The quantitative estimate of drug-likeness (QED) is 0.904. The van der Waals surface area contributed by atoms with E-state index in [-0.39, 0.29) is 17.2 Å². The van der Waals surface area contributed by atoms with Gasteiger partial charge in [0.25, 0.3) is 5.91 Å². The van der Waals surface area contributed by atoms with Crippen molar-refractivity contribution in [1.29, 1.82) is 0 Å². The van der Waals surface area contributed by atoms with Gasteiger partial charge >= 0.3 is 0 Å². The zero-order chi connectivity index (χ0) is 14.0. The first-order chi connectivity index (χ1) is 8.99. The smallest absolute Gasteiger partial charge is 0.254 e. The van der Waals surface area contributed by atoms with E-state index in [1.165, 1.54) is 25.3 Å². The van der Waals surface area contributed by atoms with E-state index in [9.17, 15) is 9.18 Å². The minimum absolute atomic E-state index is 0.0824. The summed E-state index contributed by atoms with van der Waals surface area (Å²) >= 11 is 0. The Labute approximate surface area is 112 Å². The molecular formula is C14H19FN2O2. The molecule has 0 saturated carbocycles. The van der Waals surface area contributed by atoms with Crippen LogP contribution < -0.4 is 10.5 Å². The first-order valence-corrected chi connectivity index (χ1v) is 6.41. The molecule has 1 aromatic rings. The third-order valence-corrected chi connectivity index (χ3v) is 3.44. The molecule has 19 heavy (non-hydrogen) atoms. The number of rotatable bonds is 4. The third kappa shape index (κ3) is 2.71. The lowest BCUT2D eigenvalue weighted by Gasteiger charge is -2.47. The maximum absolute atomic E-state index is 13.3. The highest BCUT2D eigenvalue weighted by molar-refractivity contribution is 5.95. The predicted molar refractivity (Wildman–Crippen MR) is 70.7 cm³/mol. The van der Waals surface area contributed by atoms with Gasteiger partial charge in [0.05, 0.1) is 12.6 Å². The molecule has 1 amide bonds. The monoisotopic (exact) mass is 266 g/mol. The van der Waals surface area contributed by atoms with Crippen molar-refractivity contribution in [2.75, 3.05) is 20.2 Å². The van der Waals surface area contributed by atoms with E-state index in [2.05, 4.69) is 6.92 Å². The zero-order valence-electron chi connectivity index (χ0n) is 11.3. The van der Waals surface area contributed by atoms with Crippen LogP contribution >= 0.6 is 0 Å². The highest BCUT2D eigenvalue weighted by atomic mass is 19.1. The number of halogens is 1. The Bertz CT molecular complexity index is 484. The van der Waals surface area contributed by atoms with Gasteiger partial charge in [-0.3, -0.25) is 4.79 Å². The largest absolute Gasteiger partial charge is 0.494 e. The van der Waals surface area contributed by atoms with Gasteiger partial charge in [-0.1, -0.05) is 13.3 Å². The Hall–Kier alpha value is -1.62. The van der Waals surface area contributed by atoms with Crippen LogP contribution in [0.5, 0.6) is 5.75 Å². The van der Waals surface area contributed by atoms with Crippen LogP contribution in [-0.4, -0.2) is 36.5 Å². The number of benzene rings is 1. The molecule has 0 unspecified atom stereocenters. The molecule has 2 rings (SSSR count). The van der Waals surface area contributed by atoms with Crippen molar-refractivity contribution in [1.82, 2.24) is 4.90 Å². The Morgan fingerprint density at radius 1 is 1.53 bits per heavy atom. The lowest BCUT2D eigenvalue weighted by molar-refractivity contribution is 0.0386. The molecule has 0 aromatic heterocycles. The number of carbonyl (C=O) groups is 1. The number of nitrogens with two attached hydrogens (primary N) is 1. The minimum Gasteiger partial charge on any atom is -0.494 e. The molecule has 0 spiro atoms. The van der Waals surface area contributed by atoms with Crippen molar-refractivity contribution in [2.45, 2.75) is 25.3 Å². The first-order valence-electron chi connectivity index (χ1n) is 6.41. The molecular weight excluding hydrogens is 247 g/mol. The fraction of sp³-hybridized carbons (Fsp3) is 0.500. The first kappa shape index (κ1) is 13.8. The summed E-state index contributed by atoms with van der Waals surface area (Å²) in [6, 6.07) is 4.14. The maximum atomic E-state index is 13.3. The molecule has 0 bridgehead atoms. The molecule has 0 radical (unpaired) electrons. The molecule has 1 aromatic carbocycles. The summed E-state index contributed by atoms with van der Waals surface area (Å²) < 4.78 is 18.2. The second-order valence-electron chi connectivity index (χ2n) is 5.12. The number of carbonyl (C=O) groups excluding carboxylic acids is 1. The Balaban J connectivity index is 2.06. The van der Waals surface area contributed by atoms with E-state index in [1.54, 1.807) is 4.90 Å². The molecule has 0 atom stereocenters. The molecule has 5 heteroatoms. The van der Waals surface area contributed by atoms with Crippen LogP contribution in [0.4, 0.5) is 4.39 Å². The average Bonchev–Trinajstić information content (AvgIpc) is 2.36. The van der Waals surface area contributed by atoms with Crippen LogP contribution in [0.2, 0.25) is 0 Å². The highest BCUT2D eigenvalue weighted by Gasteiger charge is 2.41. The van der Waals surface area contributed by atoms with Gasteiger partial charge in [-0.2, -0.15) is 0 Å². The van der Waals surface area contributed by atoms with Crippen LogP contribution in [-0.2, 0) is 0 Å². The predicted octanol–water partition coefficient (Wildman–Crippen LogP) is 1.79. The Morgan fingerprint density at radius 3 is 2.79 bits per heavy atom. The molecule has 1 heterocycles. The van der Waals surface area contributed by atoms with E-state index in [1.807, 2.05) is 0 Å². The van der Waals surface area contributed by atoms with Crippen LogP contribution in [0.3, 0.4) is 0 Å². The summed E-state index contributed by atoms with van der Waals surface area (Å²) in [5.74, 6) is -0.517. The lowest BCUT2D eigenvalue weighted by atomic mass is 9.86. The summed E-state index contributed by atoms with van der Waals surface area (Å²) in [4.78, 5) is 13.9. The Kier molecular flexibility index (Phi) is 3.75. The van der Waals surface area contributed by atoms with E-state index in [0.29, 0.717) is 18.7 Å². The van der Waals surface area contributed by atoms with Crippen molar-refractivity contribution in [3.8, 4) is 5.75 Å². The standard InChI is InChI=1S/C14H19FN2O2/c1-3-6-14(16)8-17(9-14)13(18)10-4-5-11(15)12(7-10)19-2/h4-5,7H,3,6,8-9,16H2,1-2H3. The van der Waals surface area contributed by atoms with Gasteiger partial charge in [-0.15, -0.1) is 0 Å². The number of hydrogen-bond acceptors (Lipinski definition) is 3. The number of ether oxygens (including phenoxy) is 1. The molecule has 1 saturated heterocycles. The second-order valence-corrected chi connectivity index (χ2v) is 5.12. The van der Waals surface area contributed by atoms with Crippen molar-refractivity contribution in [3.05, 3.63) is 29.6 Å².